The smallest absolute Gasteiger partial charge is 0.149 e. The van der Waals surface area contributed by atoms with E-state index in [1.54, 1.807) is 0 Å². The average Bonchev–Trinajstić information content (AvgIpc) is 2.28. The van der Waals surface area contributed by atoms with E-state index in [1.807, 2.05) is 18.9 Å². The Labute approximate surface area is 67.0 Å². The second-order valence-electron chi connectivity index (χ2n) is 3.16. The molecule has 0 radical (unpaired) electrons. The second-order valence-corrected chi connectivity index (χ2v) is 3.16. The fourth-order valence-electron chi connectivity index (χ4n) is 1.58. The first-order valence-electron chi connectivity index (χ1n) is 4.06. The topological polar surface area (TPSA) is 40.5 Å². The van der Waals surface area contributed by atoms with Gasteiger partial charge in [-0.05, 0) is 13.5 Å². The minimum atomic E-state index is -0.305. The Morgan fingerprint density at radius 1 is 1.73 bits per heavy atom. The molecular formula is C8H15NO2. The summed E-state index contributed by atoms with van der Waals surface area (Å²) in [5, 5.41) is 9.22. The standard InChI is InChI=1S/C8H15NO2/c1-3-8(11)7-4-6(10)5-9(7)2/h6-7,10H,3-5H2,1-2H3/t6-,7+/m1/s1. The number of aliphatic hydroxyl groups is 1. The Balaban J connectivity index is 2.52. The van der Waals surface area contributed by atoms with Crippen molar-refractivity contribution in [1.29, 1.82) is 0 Å². The fraction of sp³-hybridized carbons (Fsp3) is 0.875. The van der Waals surface area contributed by atoms with Gasteiger partial charge in [0, 0.05) is 13.0 Å². The third-order valence-corrected chi connectivity index (χ3v) is 2.25. The van der Waals surface area contributed by atoms with Crippen LogP contribution in [0.1, 0.15) is 19.8 Å². The molecule has 1 aliphatic rings. The highest BCUT2D eigenvalue weighted by Gasteiger charge is 2.31. The van der Waals surface area contributed by atoms with E-state index in [-0.39, 0.29) is 17.9 Å². The molecule has 0 saturated carbocycles. The van der Waals surface area contributed by atoms with Crippen molar-refractivity contribution in [2.75, 3.05) is 13.6 Å². The Morgan fingerprint density at radius 3 is 2.73 bits per heavy atom. The van der Waals surface area contributed by atoms with Crippen LogP contribution in [0.4, 0.5) is 0 Å². The molecule has 0 bridgehead atoms. The number of β-amino-alcohol motifs (C(OH)–C–C–N with tert-alkyl or cyclic N) is 1. The van der Waals surface area contributed by atoms with Gasteiger partial charge in [0.1, 0.15) is 5.78 Å². The highest BCUT2D eigenvalue weighted by Crippen LogP contribution is 2.17. The Kier molecular flexibility index (Phi) is 2.62. The van der Waals surface area contributed by atoms with Crippen LogP contribution in [0.2, 0.25) is 0 Å². The van der Waals surface area contributed by atoms with E-state index in [2.05, 4.69) is 0 Å². The quantitative estimate of drug-likeness (QED) is 0.615. The molecule has 11 heavy (non-hydrogen) atoms. The number of Topliss-reactive ketones (excluding diaryl/α,β-unsaturated/α-hetero) is 1. The summed E-state index contributed by atoms with van der Waals surface area (Å²) in [5.41, 5.74) is 0. The van der Waals surface area contributed by atoms with Crippen molar-refractivity contribution in [3.05, 3.63) is 0 Å². The molecule has 0 amide bonds. The van der Waals surface area contributed by atoms with Gasteiger partial charge in [0.25, 0.3) is 0 Å². The fourth-order valence-corrected chi connectivity index (χ4v) is 1.58. The number of hydrogen-bond donors (Lipinski definition) is 1. The Morgan fingerprint density at radius 2 is 2.36 bits per heavy atom. The highest BCUT2D eigenvalue weighted by molar-refractivity contribution is 5.84. The third kappa shape index (κ3) is 1.79. The molecule has 3 nitrogen and oxygen atoms in total. The molecular weight excluding hydrogens is 142 g/mol. The van der Waals surface area contributed by atoms with E-state index >= 15 is 0 Å². The van der Waals surface area contributed by atoms with Crippen LogP contribution in [0, 0.1) is 0 Å². The summed E-state index contributed by atoms with van der Waals surface area (Å²) in [6.07, 6.45) is 0.880. The van der Waals surface area contributed by atoms with Gasteiger partial charge in [0.05, 0.1) is 12.1 Å². The SMILES string of the molecule is CCC(=O)[C@@H]1C[C@@H](O)CN1C. The molecule has 3 heteroatoms. The van der Waals surface area contributed by atoms with Crippen molar-refractivity contribution in [1.82, 2.24) is 4.90 Å². The van der Waals surface area contributed by atoms with Crippen LogP contribution in [-0.4, -0.2) is 41.5 Å². The molecule has 0 spiro atoms. The lowest BCUT2D eigenvalue weighted by Crippen LogP contribution is -2.32. The van der Waals surface area contributed by atoms with Crippen molar-refractivity contribution < 1.29 is 9.90 Å². The van der Waals surface area contributed by atoms with E-state index in [1.165, 1.54) is 0 Å². The molecule has 0 aromatic rings. The van der Waals surface area contributed by atoms with Gasteiger partial charge in [-0.2, -0.15) is 0 Å². The third-order valence-electron chi connectivity index (χ3n) is 2.25. The number of rotatable bonds is 2. The molecule has 0 aliphatic carbocycles. The number of hydrogen-bond acceptors (Lipinski definition) is 3. The molecule has 64 valence electrons. The minimum Gasteiger partial charge on any atom is -0.392 e. The predicted octanol–water partition coefficient (Wildman–Crippen LogP) is 0.0305. The number of likely N-dealkylation sites (N-methyl/N-ethyl adjacent to an activating group) is 1. The molecule has 1 N–H and O–H groups in total. The first kappa shape index (κ1) is 8.68. The molecule has 1 fully saturated rings. The van der Waals surface area contributed by atoms with E-state index in [9.17, 15) is 9.90 Å². The number of carbonyl (C=O) groups excluding carboxylic acids is 1. The zero-order valence-corrected chi connectivity index (χ0v) is 7.08. The van der Waals surface area contributed by atoms with E-state index in [0.29, 0.717) is 19.4 Å². The molecule has 0 aromatic carbocycles. The summed E-state index contributed by atoms with van der Waals surface area (Å²) >= 11 is 0. The molecule has 1 aliphatic heterocycles. The lowest BCUT2D eigenvalue weighted by Gasteiger charge is -2.15. The van der Waals surface area contributed by atoms with Crippen LogP contribution in [-0.2, 0) is 4.79 Å². The maximum atomic E-state index is 11.2. The van der Waals surface area contributed by atoms with Gasteiger partial charge in [-0.1, -0.05) is 6.92 Å². The summed E-state index contributed by atoms with van der Waals surface area (Å²) in [7, 11) is 1.88. The van der Waals surface area contributed by atoms with Crippen LogP contribution >= 0.6 is 0 Å². The molecule has 1 heterocycles. The molecule has 2 atom stereocenters. The summed E-state index contributed by atoms with van der Waals surface area (Å²) in [5.74, 6) is 0.240. The first-order valence-corrected chi connectivity index (χ1v) is 4.06. The van der Waals surface area contributed by atoms with Crippen molar-refractivity contribution in [2.24, 2.45) is 0 Å². The van der Waals surface area contributed by atoms with Crippen molar-refractivity contribution in [3.8, 4) is 0 Å². The van der Waals surface area contributed by atoms with Crippen LogP contribution in [0.25, 0.3) is 0 Å². The minimum absolute atomic E-state index is 0.0324. The van der Waals surface area contributed by atoms with Crippen molar-refractivity contribution in [2.45, 2.75) is 31.9 Å². The van der Waals surface area contributed by atoms with Crippen molar-refractivity contribution >= 4 is 5.78 Å². The van der Waals surface area contributed by atoms with E-state index in [0.717, 1.165) is 0 Å². The number of ketones is 1. The van der Waals surface area contributed by atoms with Crippen LogP contribution in [0.15, 0.2) is 0 Å². The maximum absolute atomic E-state index is 11.2. The lowest BCUT2D eigenvalue weighted by molar-refractivity contribution is -0.122. The summed E-state index contributed by atoms with van der Waals surface area (Å²) < 4.78 is 0. The second kappa shape index (κ2) is 3.32. The highest BCUT2D eigenvalue weighted by atomic mass is 16.3. The average molecular weight is 157 g/mol. The van der Waals surface area contributed by atoms with Crippen LogP contribution in [0.5, 0.6) is 0 Å². The van der Waals surface area contributed by atoms with Gasteiger partial charge < -0.3 is 5.11 Å². The summed E-state index contributed by atoms with van der Waals surface area (Å²) in [6.45, 7) is 2.50. The van der Waals surface area contributed by atoms with E-state index in [4.69, 9.17) is 0 Å². The van der Waals surface area contributed by atoms with Gasteiger partial charge in [-0.3, -0.25) is 9.69 Å². The number of nitrogens with zero attached hydrogens (tertiary/aromatic N) is 1. The zero-order chi connectivity index (χ0) is 8.43. The van der Waals surface area contributed by atoms with Gasteiger partial charge >= 0.3 is 0 Å². The van der Waals surface area contributed by atoms with Gasteiger partial charge in [0.2, 0.25) is 0 Å². The summed E-state index contributed by atoms with van der Waals surface area (Å²) in [6, 6.07) is -0.0324. The number of likely N-dealkylation sites (tertiary alicyclic amines) is 1. The van der Waals surface area contributed by atoms with E-state index < -0.39 is 0 Å². The van der Waals surface area contributed by atoms with Gasteiger partial charge in [-0.25, -0.2) is 0 Å². The molecule has 1 rings (SSSR count). The normalized spacial score (nSPS) is 32.6. The summed E-state index contributed by atoms with van der Waals surface area (Å²) in [4.78, 5) is 13.1. The molecule has 1 saturated heterocycles. The number of carbonyl (C=O) groups is 1. The van der Waals surface area contributed by atoms with Gasteiger partial charge in [0.15, 0.2) is 0 Å². The van der Waals surface area contributed by atoms with Gasteiger partial charge in [-0.15, -0.1) is 0 Å². The van der Waals surface area contributed by atoms with Crippen LogP contribution < -0.4 is 0 Å². The lowest BCUT2D eigenvalue weighted by atomic mass is 10.1. The maximum Gasteiger partial charge on any atom is 0.149 e. The molecule has 0 aromatic heterocycles. The largest absolute Gasteiger partial charge is 0.392 e. The zero-order valence-electron chi connectivity index (χ0n) is 7.08. The number of aliphatic hydroxyl groups excluding tert-OH is 1. The first-order chi connectivity index (χ1) is 5.15. The van der Waals surface area contributed by atoms with Crippen LogP contribution in [0.3, 0.4) is 0 Å². The Hall–Kier alpha value is -0.410. The predicted molar refractivity (Wildman–Crippen MR) is 42.3 cm³/mol. The Bertz CT molecular complexity index is 158. The monoisotopic (exact) mass is 157 g/mol. The molecule has 0 unspecified atom stereocenters. The van der Waals surface area contributed by atoms with Crippen molar-refractivity contribution in [3.63, 3.8) is 0 Å².